The van der Waals surface area contributed by atoms with Crippen LogP contribution in [-0.4, -0.2) is 12.9 Å². The summed E-state index contributed by atoms with van der Waals surface area (Å²) < 4.78 is 5.34. The number of anilines is 1. The van der Waals surface area contributed by atoms with Gasteiger partial charge in [-0.15, -0.1) is 0 Å². The molecule has 0 saturated carbocycles. The summed E-state index contributed by atoms with van der Waals surface area (Å²) in [7, 11) is 1.65. The lowest BCUT2D eigenvalue weighted by atomic mass is 9.80. The second-order valence-electron chi connectivity index (χ2n) is 6.30. The van der Waals surface area contributed by atoms with Crippen molar-refractivity contribution in [1.29, 1.82) is 0 Å². The van der Waals surface area contributed by atoms with Crippen LogP contribution < -0.4 is 10.1 Å². The molecule has 3 aromatic rings. The van der Waals surface area contributed by atoms with Crippen molar-refractivity contribution in [3.63, 3.8) is 0 Å². The van der Waals surface area contributed by atoms with E-state index in [4.69, 9.17) is 4.74 Å². The summed E-state index contributed by atoms with van der Waals surface area (Å²) >= 11 is 0. The lowest BCUT2D eigenvalue weighted by molar-refractivity contribution is 0.0916. The van der Waals surface area contributed by atoms with Crippen LogP contribution in [0.2, 0.25) is 0 Å². The van der Waals surface area contributed by atoms with Gasteiger partial charge in [0.2, 0.25) is 0 Å². The SMILES string of the molecule is COc1cccc(CC2(c3ccccc3)Nc3ccccc3C2=O)c1. The third kappa shape index (κ3) is 2.58. The highest BCUT2D eigenvalue weighted by molar-refractivity contribution is 6.13. The van der Waals surface area contributed by atoms with Gasteiger partial charge in [0, 0.05) is 17.7 Å². The minimum atomic E-state index is -0.794. The Labute approximate surface area is 147 Å². The van der Waals surface area contributed by atoms with Crippen molar-refractivity contribution in [2.45, 2.75) is 12.0 Å². The average molecular weight is 329 g/mol. The molecule has 0 radical (unpaired) electrons. The molecule has 25 heavy (non-hydrogen) atoms. The van der Waals surface area contributed by atoms with Gasteiger partial charge in [0.25, 0.3) is 0 Å². The number of benzene rings is 3. The van der Waals surface area contributed by atoms with Crippen LogP contribution >= 0.6 is 0 Å². The van der Waals surface area contributed by atoms with Gasteiger partial charge in [-0.25, -0.2) is 0 Å². The van der Waals surface area contributed by atoms with Crippen LogP contribution in [0.4, 0.5) is 5.69 Å². The highest BCUT2D eigenvalue weighted by atomic mass is 16.5. The number of rotatable bonds is 4. The van der Waals surface area contributed by atoms with Crippen molar-refractivity contribution < 1.29 is 9.53 Å². The van der Waals surface area contributed by atoms with E-state index in [9.17, 15) is 4.79 Å². The van der Waals surface area contributed by atoms with Gasteiger partial charge < -0.3 is 10.1 Å². The van der Waals surface area contributed by atoms with Crippen LogP contribution in [0.15, 0.2) is 78.9 Å². The number of Topliss-reactive ketones (excluding diaryl/α,β-unsaturated/α-hetero) is 1. The van der Waals surface area contributed by atoms with E-state index in [1.165, 1.54) is 0 Å². The number of hydrogen-bond donors (Lipinski definition) is 1. The van der Waals surface area contributed by atoms with Crippen molar-refractivity contribution in [3.8, 4) is 5.75 Å². The smallest absolute Gasteiger partial charge is 0.195 e. The molecule has 3 nitrogen and oxygen atoms in total. The lowest BCUT2D eigenvalue weighted by Crippen LogP contribution is -2.40. The quantitative estimate of drug-likeness (QED) is 0.769. The molecule has 0 fully saturated rings. The summed E-state index contributed by atoms with van der Waals surface area (Å²) in [6.45, 7) is 0. The first-order valence-corrected chi connectivity index (χ1v) is 8.33. The van der Waals surface area contributed by atoms with Gasteiger partial charge in [-0.1, -0.05) is 54.6 Å². The number of ketones is 1. The molecule has 0 aromatic heterocycles. The molecule has 1 heterocycles. The van der Waals surface area contributed by atoms with Crippen molar-refractivity contribution in [2.75, 3.05) is 12.4 Å². The van der Waals surface area contributed by atoms with Gasteiger partial charge in [-0.3, -0.25) is 4.79 Å². The minimum Gasteiger partial charge on any atom is -0.497 e. The molecule has 1 N–H and O–H groups in total. The molecular weight excluding hydrogens is 310 g/mol. The zero-order valence-electron chi connectivity index (χ0n) is 14.0. The summed E-state index contributed by atoms with van der Waals surface area (Å²) in [6.07, 6.45) is 0.557. The molecule has 0 amide bonds. The Kier molecular flexibility index (Phi) is 3.77. The molecule has 0 bridgehead atoms. The molecular formula is C22H19NO2. The van der Waals surface area contributed by atoms with Crippen LogP contribution in [0.3, 0.4) is 0 Å². The minimum absolute atomic E-state index is 0.108. The molecule has 0 spiro atoms. The topological polar surface area (TPSA) is 38.3 Å². The first-order chi connectivity index (χ1) is 12.2. The largest absolute Gasteiger partial charge is 0.497 e. The summed E-state index contributed by atoms with van der Waals surface area (Å²) in [4.78, 5) is 13.4. The summed E-state index contributed by atoms with van der Waals surface area (Å²) in [5.74, 6) is 0.904. The molecule has 0 saturated heterocycles. The van der Waals surface area contributed by atoms with E-state index in [-0.39, 0.29) is 5.78 Å². The second kappa shape index (κ2) is 6.10. The summed E-state index contributed by atoms with van der Waals surface area (Å²) in [5, 5.41) is 3.51. The van der Waals surface area contributed by atoms with Crippen molar-refractivity contribution in [3.05, 3.63) is 95.6 Å². The van der Waals surface area contributed by atoms with E-state index < -0.39 is 5.54 Å². The molecule has 0 aliphatic carbocycles. The average Bonchev–Trinajstić information content (AvgIpc) is 2.96. The Morgan fingerprint density at radius 2 is 1.68 bits per heavy atom. The number of carbonyl (C=O) groups is 1. The summed E-state index contributed by atoms with van der Waals surface area (Å²) in [6, 6.07) is 25.5. The van der Waals surface area contributed by atoms with E-state index in [1.54, 1.807) is 7.11 Å². The second-order valence-corrected chi connectivity index (χ2v) is 6.30. The highest BCUT2D eigenvalue weighted by Gasteiger charge is 2.46. The zero-order valence-corrected chi connectivity index (χ0v) is 14.0. The van der Waals surface area contributed by atoms with Crippen LogP contribution in [0.1, 0.15) is 21.5 Å². The predicted octanol–water partition coefficient (Wildman–Crippen LogP) is 4.44. The maximum atomic E-state index is 13.4. The van der Waals surface area contributed by atoms with Crippen molar-refractivity contribution in [1.82, 2.24) is 0 Å². The molecule has 1 aliphatic rings. The molecule has 124 valence electrons. The number of methoxy groups -OCH3 is 1. The number of hydrogen-bond acceptors (Lipinski definition) is 3. The van der Waals surface area contributed by atoms with Crippen LogP contribution in [0.5, 0.6) is 5.75 Å². The van der Waals surface area contributed by atoms with Crippen molar-refractivity contribution >= 4 is 11.5 Å². The fourth-order valence-electron chi connectivity index (χ4n) is 3.55. The van der Waals surface area contributed by atoms with E-state index >= 15 is 0 Å². The maximum absolute atomic E-state index is 13.4. The van der Waals surface area contributed by atoms with Crippen LogP contribution in [0, 0.1) is 0 Å². The fourth-order valence-corrected chi connectivity index (χ4v) is 3.55. The third-order valence-electron chi connectivity index (χ3n) is 4.78. The van der Waals surface area contributed by atoms with E-state index in [0.29, 0.717) is 6.42 Å². The number of para-hydroxylation sites is 1. The lowest BCUT2D eigenvalue weighted by Gasteiger charge is -2.29. The molecule has 3 aromatic carbocycles. The number of fused-ring (bicyclic) bond motifs is 1. The Bertz CT molecular complexity index is 920. The first kappa shape index (κ1) is 15.5. The normalized spacial score (nSPS) is 18.5. The Hall–Kier alpha value is -3.07. The van der Waals surface area contributed by atoms with E-state index in [1.807, 2.05) is 78.9 Å². The maximum Gasteiger partial charge on any atom is 0.195 e. The molecule has 4 rings (SSSR count). The van der Waals surface area contributed by atoms with Gasteiger partial charge in [-0.2, -0.15) is 0 Å². The standard InChI is InChI=1S/C22H19NO2/c1-25-18-11-7-8-16(14-18)15-22(17-9-3-2-4-10-17)21(24)19-12-5-6-13-20(19)23-22/h2-14,23H,15H2,1H3. The predicted molar refractivity (Wildman–Crippen MR) is 99.2 cm³/mol. The molecule has 1 aliphatic heterocycles. The zero-order chi connectivity index (χ0) is 17.3. The fraction of sp³-hybridized carbons (Fsp3) is 0.136. The van der Waals surface area contributed by atoms with E-state index in [0.717, 1.165) is 28.1 Å². The monoisotopic (exact) mass is 329 g/mol. The Morgan fingerprint density at radius 1 is 0.920 bits per heavy atom. The molecule has 1 unspecified atom stereocenters. The third-order valence-corrected chi connectivity index (χ3v) is 4.78. The molecule has 3 heteroatoms. The van der Waals surface area contributed by atoms with E-state index in [2.05, 4.69) is 5.32 Å². The first-order valence-electron chi connectivity index (χ1n) is 8.33. The number of nitrogens with one attached hydrogen (secondary N) is 1. The number of ether oxygens (including phenoxy) is 1. The summed E-state index contributed by atoms with van der Waals surface area (Å²) in [5.41, 5.74) is 2.86. The van der Waals surface area contributed by atoms with Gasteiger partial charge in [0.1, 0.15) is 11.3 Å². The van der Waals surface area contributed by atoms with Gasteiger partial charge in [0.05, 0.1) is 7.11 Å². The van der Waals surface area contributed by atoms with Gasteiger partial charge in [-0.05, 0) is 35.4 Å². The number of carbonyl (C=O) groups excluding carboxylic acids is 1. The van der Waals surface area contributed by atoms with Crippen LogP contribution in [-0.2, 0) is 12.0 Å². The van der Waals surface area contributed by atoms with Crippen molar-refractivity contribution in [2.24, 2.45) is 0 Å². The van der Waals surface area contributed by atoms with Crippen LogP contribution in [0.25, 0.3) is 0 Å². The van der Waals surface area contributed by atoms with Gasteiger partial charge >= 0.3 is 0 Å². The molecule has 1 atom stereocenters. The highest BCUT2D eigenvalue weighted by Crippen LogP contribution is 2.41. The Balaban J connectivity index is 1.83. The van der Waals surface area contributed by atoms with Gasteiger partial charge in [0.15, 0.2) is 5.78 Å². The Morgan fingerprint density at radius 3 is 2.44 bits per heavy atom.